The Morgan fingerprint density at radius 2 is 2.03 bits per heavy atom. The number of ketones is 1. The van der Waals surface area contributed by atoms with Gasteiger partial charge in [-0.2, -0.15) is 0 Å². The van der Waals surface area contributed by atoms with Crippen molar-refractivity contribution in [1.29, 1.82) is 0 Å². The maximum Gasteiger partial charge on any atom is 0.295 e. The van der Waals surface area contributed by atoms with Crippen LogP contribution in [-0.2, 0) is 9.59 Å². The summed E-state index contributed by atoms with van der Waals surface area (Å²) < 4.78 is 7.42. The van der Waals surface area contributed by atoms with E-state index in [-0.39, 0.29) is 11.3 Å². The number of Topliss-reactive ketones (excluding diaryl/α,β-unsaturated/α-hetero) is 1. The second-order valence-corrected chi connectivity index (χ2v) is 8.80. The number of aromatic nitrogens is 2. The van der Waals surface area contributed by atoms with Crippen LogP contribution in [0.1, 0.15) is 29.4 Å². The molecule has 1 unspecified atom stereocenters. The van der Waals surface area contributed by atoms with Crippen LogP contribution in [0.2, 0.25) is 0 Å². The molecule has 0 radical (unpaired) electrons. The SMILES string of the molecule is C=CCOc1cccc(C2/C(=C(\O)c3c(C)nc4ccccn34)C(=O)C(=O)N2CCCN(C)C)c1. The number of carbonyl (C=O) groups excluding carboxylic acids is 2. The molecule has 1 fully saturated rings. The number of rotatable bonds is 9. The molecule has 2 aromatic heterocycles. The van der Waals surface area contributed by atoms with Crippen LogP contribution in [0.3, 0.4) is 0 Å². The number of fused-ring (bicyclic) bond motifs is 1. The number of aryl methyl sites for hydroxylation is 1. The number of hydrogen-bond acceptors (Lipinski definition) is 6. The minimum absolute atomic E-state index is 0.0504. The summed E-state index contributed by atoms with van der Waals surface area (Å²) in [6.07, 6.45) is 4.10. The van der Waals surface area contributed by atoms with E-state index in [1.807, 2.05) is 49.3 Å². The van der Waals surface area contributed by atoms with Crippen molar-refractivity contribution in [3.8, 4) is 5.75 Å². The predicted molar refractivity (Wildman–Crippen MR) is 134 cm³/mol. The highest BCUT2D eigenvalue weighted by Crippen LogP contribution is 2.40. The maximum atomic E-state index is 13.3. The highest BCUT2D eigenvalue weighted by Gasteiger charge is 2.46. The summed E-state index contributed by atoms with van der Waals surface area (Å²) in [7, 11) is 3.92. The summed E-state index contributed by atoms with van der Waals surface area (Å²) in [4.78, 5) is 34.6. The standard InChI is InChI=1S/C27H30N4O4/c1-5-16-35-20-11-8-10-19(17-20)24-22(26(33)27(34)31(24)15-9-13-29(3)4)25(32)23-18(2)28-21-12-6-7-14-30(21)23/h5-8,10-12,14,17,24,32H,1,9,13,15-16H2,2-4H3/b25-22+. The fourth-order valence-corrected chi connectivity index (χ4v) is 4.47. The third-order valence-corrected chi connectivity index (χ3v) is 6.01. The van der Waals surface area contributed by atoms with E-state index in [4.69, 9.17) is 4.74 Å². The number of carbonyl (C=O) groups is 2. The molecule has 8 heteroatoms. The van der Waals surface area contributed by atoms with Gasteiger partial charge >= 0.3 is 0 Å². The number of aliphatic hydroxyl groups is 1. The van der Waals surface area contributed by atoms with Gasteiger partial charge in [-0.1, -0.05) is 30.9 Å². The smallest absolute Gasteiger partial charge is 0.295 e. The Kier molecular flexibility index (Phi) is 7.02. The van der Waals surface area contributed by atoms with Crippen molar-refractivity contribution in [3.05, 3.63) is 83.8 Å². The lowest BCUT2D eigenvalue weighted by Gasteiger charge is -2.26. The van der Waals surface area contributed by atoms with Crippen molar-refractivity contribution in [2.75, 3.05) is 33.8 Å². The van der Waals surface area contributed by atoms with E-state index in [1.54, 1.807) is 40.6 Å². The second-order valence-electron chi connectivity index (χ2n) is 8.80. The van der Waals surface area contributed by atoms with Crippen molar-refractivity contribution in [3.63, 3.8) is 0 Å². The van der Waals surface area contributed by atoms with Crippen LogP contribution < -0.4 is 4.74 Å². The largest absolute Gasteiger partial charge is 0.505 e. The van der Waals surface area contributed by atoms with Gasteiger partial charge in [0.1, 0.15) is 23.7 Å². The van der Waals surface area contributed by atoms with Crippen LogP contribution in [0.25, 0.3) is 11.4 Å². The Morgan fingerprint density at radius 1 is 1.23 bits per heavy atom. The molecule has 0 saturated carbocycles. The first-order valence-electron chi connectivity index (χ1n) is 11.5. The Labute approximate surface area is 204 Å². The number of likely N-dealkylation sites (tertiary alicyclic amines) is 1. The molecule has 1 saturated heterocycles. The number of hydrogen-bond donors (Lipinski definition) is 1. The molecule has 0 spiro atoms. The van der Waals surface area contributed by atoms with Crippen LogP contribution in [-0.4, -0.2) is 69.8 Å². The maximum absolute atomic E-state index is 13.3. The monoisotopic (exact) mass is 474 g/mol. The zero-order valence-electron chi connectivity index (χ0n) is 20.3. The summed E-state index contributed by atoms with van der Waals surface area (Å²) in [5.74, 6) is -0.983. The Balaban J connectivity index is 1.86. The van der Waals surface area contributed by atoms with Crippen molar-refractivity contribution in [2.45, 2.75) is 19.4 Å². The van der Waals surface area contributed by atoms with Crippen molar-refractivity contribution in [1.82, 2.24) is 19.2 Å². The number of nitrogens with zero attached hydrogens (tertiary/aromatic N) is 4. The lowest BCUT2D eigenvalue weighted by atomic mass is 9.96. The van der Waals surface area contributed by atoms with Gasteiger partial charge in [0.05, 0.1) is 17.3 Å². The molecule has 1 atom stereocenters. The molecule has 3 aromatic rings. The molecule has 1 aliphatic rings. The van der Waals surface area contributed by atoms with Crippen molar-refractivity contribution in [2.24, 2.45) is 0 Å². The van der Waals surface area contributed by atoms with Gasteiger partial charge in [-0.25, -0.2) is 4.98 Å². The van der Waals surface area contributed by atoms with Gasteiger partial charge < -0.3 is 19.6 Å². The van der Waals surface area contributed by atoms with E-state index in [0.717, 1.165) is 6.54 Å². The van der Waals surface area contributed by atoms with E-state index >= 15 is 0 Å². The first kappa shape index (κ1) is 24.2. The predicted octanol–water partition coefficient (Wildman–Crippen LogP) is 3.58. The van der Waals surface area contributed by atoms with Gasteiger partial charge in [0, 0.05) is 12.7 Å². The van der Waals surface area contributed by atoms with Gasteiger partial charge in [0.2, 0.25) is 0 Å². The fraction of sp³-hybridized carbons (Fsp3) is 0.296. The molecule has 0 bridgehead atoms. The fourth-order valence-electron chi connectivity index (χ4n) is 4.47. The molecular formula is C27H30N4O4. The third kappa shape index (κ3) is 4.70. The van der Waals surface area contributed by atoms with Crippen LogP contribution in [0.15, 0.2) is 66.9 Å². The number of amides is 1. The molecule has 1 N–H and O–H groups in total. The second kappa shape index (κ2) is 10.1. The molecule has 4 rings (SSSR count). The lowest BCUT2D eigenvalue weighted by molar-refractivity contribution is -0.139. The molecule has 1 aromatic carbocycles. The molecule has 8 nitrogen and oxygen atoms in total. The van der Waals surface area contributed by atoms with Crippen LogP contribution in [0.4, 0.5) is 0 Å². The van der Waals surface area contributed by atoms with Gasteiger partial charge in [-0.15, -0.1) is 0 Å². The quantitative estimate of drug-likeness (QED) is 0.221. The van der Waals surface area contributed by atoms with Gasteiger partial charge in [0.15, 0.2) is 5.76 Å². The molecule has 35 heavy (non-hydrogen) atoms. The third-order valence-electron chi connectivity index (χ3n) is 6.01. The highest BCUT2D eigenvalue weighted by atomic mass is 16.5. The molecule has 0 aliphatic carbocycles. The molecule has 1 aliphatic heterocycles. The number of ether oxygens (including phenoxy) is 1. The minimum Gasteiger partial charge on any atom is -0.505 e. The van der Waals surface area contributed by atoms with Crippen LogP contribution in [0.5, 0.6) is 5.75 Å². The number of imidazole rings is 1. The van der Waals surface area contributed by atoms with Crippen LogP contribution in [0, 0.1) is 6.92 Å². The number of aliphatic hydroxyl groups excluding tert-OH is 1. The zero-order chi connectivity index (χ0) is 25.1. The summed E-state index contributed by atoms with van der Waals surface area (Å²) in [5.41, 5.74) is 2.34. The van der Waals surface area contributed by atoms with Crippen LogP contribution >= 0.6 is 0 Å². The summed E-state index contributed by atoms with van der Waals surface area (Å²) in [6.45, 7) is 6.90. The van der Waals surface area contributed by atoms with Gasteiger partial charge in [0.25, 0.3) is 11.7 Å². The van der Waals surface area contributed by atoms with Gasteiger partial charge in [-0.3, -0.25) is 14.0 Å². The first-order chi connectivity index (χ1) is 16.8. The summed E-state index contributed by atoms with van der Waals surface area (Å²) >= 11 is 0. The first-order valence-corrected chi connectivity index (χ1v) is 11.5. The zero-order valence-corrected chi connectivity index (χ0v) is 20.3. The van der Waals surface area contributed by atoms with E-state index in [1.165, 1.54) is 0 Å². The molecule has 3 heterocycles. The van der Waals surface area contributed by atoms with E-state index < -0.39 is 17.7 Å². The van der Waals surface area contributed by atoms with E-state index in [2.05, 4.69) is 11.6 Å². The molecule has 1 amide bonds. The Hall–Kier alpha value is -3.91. The number of benzene rings is 1. The highest BCUT2D eigenvalue weighted by molar-refractivity contribution is 6.46. The summed E-state index contributed by atoms with van der Waals surface area (Å²) in [5, 5.41) is 11.5. The van der Waals surface area contributed by atoms with Crippen molar-refractivity contribution >= 4 is 23.1 Å². The minimum atomic E-state index is -0.752. The molecule has 182 valence electrons. The Bertz CT molecular complexity index is 1310. The lowest BCUT2D eigenvalue weighted by Crippen LogP contribution is -2.32. The van der Waals surface area contributed by atoms with Gasteiger partial charge in [-0.05, 0) is 63.8 Å². The van der Waals surface area contributed by atoms with E-state index in [9.17, 15) is 14.7 Å². The van der Waals surface area contributed by atoms with E-state index in [0.29, 0.717) is 47.9 Å². The molecular weight excluding hydrogens is 444 g/mol. The number of pyridine rings is 1. The summed E-state index contributed by atoms with van der Waals surface area (Å²) in [6, 6.07) is 12.0. The average molecular weight is 475 g/mol. The Morgan fingerprint density at radius 3 is 2.77 bits per heavy atom. The van der Waals surface area contributed by atoms with Crippen molar-refractivity contribution < 1.29 is 19.4 Å². The average Bonchev–Trinajstić information content (AvgIpc) is 3.30. The normalized spacial score (nSPS) is 17.5. The topological polar surface area (TPSA) is 87.4 Å².